The van der Waals surface area contributed by atoms with Crippen LogP contribution in [0.1, 0.15) is 27.4 Å². The van der Waals surface area contributed by atoms with E-state index in [1.165, 1.54) is 7.11 Å². The van der Waals surface area contributed by atoms with Crippen LogP contribution in [0.5, 0.6) is 0 Å². The number of thiocarbonyl (C=S) groups is 1. The number of carbonyl (C=O) groups excluding carboxylic acids is 2. The van der Waals surface area contributed by atoms with Crippen molar-refractivity contribution in [2.24, 2.45) is 0 Å². The molecule has 0 radical (unpaired) electrons. The molecule has 0 spiro atoms. The maximum atomic E-state index is 13.5. The molecule has 0 saturated carbocycles. The number of hydrogen-bond donors (Lipinski definition) is 2. The molecule has 1 amide bonds. The van der Waals surface area contributed by atoms with Crippen molar-refractivity contribution >= 4 is 40.6 Å². The number of esters is 1. The van der Waals surface area contributed by atoms with Gasteiger partial charge in [0.15, 0.2) is 5.11 Å². The van der Waals surface area contributed by atoms with Crippen LogP contribution in [0.25, 0.3) is 0 Å². The van der Waals surface area contributed by atoms with Crippen LogP contribution in [0.15, 0.2) is 78.9 Å². The van der Waals surface area contributed by atoms with E-state index in [1.54, 1.807) is 12.1 Å². The summed E-state index contributed by atoms with van der Waals surface area (Å²) in [5.41, 5.74) is 3.70. The monoisotopic (exact) mass is 502 g/mol. The zero-order valence-corrected chi connectivity index (χ0v) is 21.3. The van der Waals surface area contributed by atoms with E-state index in [2.05, 4.69) is 27.5 Å². The topological polar surface area (TPSA) is 73.9 Å². The summed E-state index contributed by atoms with van der Waals surface area (Å²) >= 11 is 5.56. The SMILES string of the molecule is COC(=O)c1ccc(N2CCN(C)CC2)c(NC(=S)NC(=O)C(c2ccccc2)c2ccccc2)c1. The standard InChI is InChI=1S/C28H30N4O3S/c1-31-15-17-32(18-16-31)24-14-13-22(27(34)35-2)19-23(24)29-28(36)30-26(33)25(20-9-5-3-6-10-20)21-11-7-4-8-12-21/h3-14,19,25H,15-18H2,1-2H3,(H2,29,30,33,36). The number of rotatable bonds is 6. The van der Waals surface area contributed by atoms with Crippen molar-refractivity contribution in [3.63, 3.8) is 0 Å². The zero-order chi connectivity index (χ0) is 25.5. The van der Waals surface area contributed by atoms with E-state index in [9.17, 15) is 9.59 Å². The van der Waals surface area contributed by atoms with Crippen LogP contribution in [0.3, 0.4) is 0 Å². The molecule has 0 unspecified atom stereocenters. The van der Waals surface area contributed by atoms with Crippen LogP contribution in [0.2, 0.25) is 0 Å². The fourth-order valence-corrected chi connectivity index (χ4v) is 4.54. The Morgan fingerprint density at radius 1 is 0.889 bits per heavy atom. The van der Waals surface area contributed by atoms with Crippen LogP contribution in [0, 0.1) is 0 Å². The summed E-state index contributed by atoms with van der Waals surface area (Å²) in [7, 11) is 3.44. The van der Waals surface area contributed by atoms with Gasteiger partial charge in [-0.1, -0.05) is 60.7 Å². The molecule has 2 N–H and O–H groups in total. The second-order valence-corrected chi connectivity index (χ2v) is 9.12. The lowest BCUT2D eigenvalue weighted by Gasteiger charge is -2.35. The minimum Gasteiger partial charge on any atom is -0.465 e. The quantitative estimate of drug-likeness (QED) is 0.392. The number of anilines is 2. The first kappa shape index (κ1) is 25.3. The van der Waals surface area contributed by atoms with Gasteiger partial charge >= 0.3 is 5.97 Å². The highest BCUT2D eigenvalue weighted by Crippen LogP contribution is 2.29. The number of nitrogens with zero attached hydrogens (tertiary/aromatic N) is 2. The van der Waals surface area contributed by atoms with Gasteiger partial charge < -0.3 is 25.2 Å². The maximum Gasteiger partial charge on any atom is 0.337 e. The number of likely N-dealkylation sites (N-methyl/N-ethyl adjacent to an activating group) is 1. The molecule has 8 heteroatoms. The molecule has 0 aromatic heterocycles. The molecule has 0 aliphatic carbocycles. The van der Waals surface area contributed by atoms with Gasteiger partial charge in [-0.25, -0.2) is 4.79 Å². The molecule has 7 nitrogen and oxygen atoms in total. The van der Waals surface area contributed by atoms with Gasteiger partial charge in [0.05, 0.1) is 30.0 Å². The first-order chi connectivity index (χ1) is 17.5. The van der Waals surface area contributed by atoms with E-state index < -0.39 is 11.9 Å². The van der Waals surface area contributed by atoms with E-state index in [1.807, 2.05) is 66.7 Å². The van der Waals surface area contributed by atoms with E-state index in [-0.39, 0.29) is 11.0 Å². The molecule has 186 valence electrons. The number of methoxy groups -OCH3 is 1. The smallest absolute Gasteiger partial charge is 0.337 e. The summed E-state index contributed by atoms with van der Waals surface area (Å²) in [4.78, 5) is 30.2. The van der Waals surface area contributed by atoms with Crippen molar-refractivity contribution in [3.05, 3.63) is 95.6 Å². The van der Waals surface area contributed by atoms with Gasteiger partial charge in [-0.15, -0.1) is 0 Å². The molecule has 3 aromatic rings. The number of amides is 1. The number of ether oxygens (including phenoxy) is 1. The average molecular weight is 503 g/mol. The van der Waals surface area contributed by atoms with Gasteiger partial charge in [0, 0.05) is 26.2 Å². The number of nitrogens with one attached hydrogen (secondary N) is 2. The molecule has 1 aliphatic rings. The zero-order valence-electron chi connectivity index (χ0n) is 20.4. The first-order valence-corrected chi connectivity index (χ1v) is 12.2. The molecule has 1 fully saturated rings. The van der Waals surface area contributed by atoms with Crippen molar-refractivity contribution in [1.82, 2.24) is 10.2 Å². The summed E-state index contributed by atoms with van der Waals surface area (Å²) in [6, 6.07) is 24.6. The Labute approximate surface area is 217 Å². The lowest BCUT2D eigenvalue weighted by Crippen LogP contribution is -2.45. The number of benzene rings is 3. The Hall–Kier alpha value is -3.75. The number of piperazine rings is 1. The molecule has 36 heavy (non-hydrogen) atoms. The normalized spacial score (nSPS) is 13.8. The van der Waals surface area contributed by atoms with E-state index in [0.717, 1.165) is 43.0 Å². The maximum absolute atomic E-state index is 13.5. The van der Waals surface area contributed by atoms with Crippen molar-refractivity contribution in [2.75, 3.05) is 50.6 Å². The molecule has 1 aliphatic heterocycles. The van der Waals surface area contributed by atoms with E-state index in [4.69, 9.17) is 17.0 Å². The number of hydrogen-bond acceptors (Lipinski definition) is 6. The molecule has 1 saturated heterocycles. The Kier molecular flexibility index (Phi) is 8.30. The predicted octanol–water partition coefficient (Wildman–Crippen LogP) is 3.87. The van der Waals surface area contributed by atoms with Crippen LogP contribution in [-0.4, -0.2) is 62.2 Å². The first-order valence-electron chi connectivity index (χ1n) is 11.8. The lowest BCUT2D eigenvalue weighted by molar-refractivity contribution is -0.120. The second kappa shape index (κ2) is 11.8. The molecule has 4 rings (SSSR count). The molecular formula is C28H30N4O3S. The minimum atomic E-state index is -0.523. The largest absolute Gasteiger partial charge is 0.465 e. The Balaban J connectivity index is 1.57. The third kappa shape index (κ3) is 6.08. The number of carbonyl (C=O) groups is 2. The molecule has 0 atom stereocenters. The van der Waals surface area contributed by atoms with E-state index in [0.29, 0.717) is 11.3 Å². The van der Waals surface area contributed by atoms with Gasteiger partial charge in [-0.2, -0.15) is 0 Å². The lowest BCUT2D eigenvalue weighted by atomic mass is 9.90. The summed E-state index contributed by atoms with van der Waals surface area (Å²) in [5.74, 6) is -1.20. The van der Waals surface area contributed by atoms with Crippen molar-refractivity contribution < 1.29 is 14.3 Å². The van der Waals surface area contributed by atoms with Gasteiger partial charge in [0.25, 0.3) is 0 Å². The highest BCUT2D eigenvalue weighted by Gasteiger charge is 2.24. The minimum absolute atomic E-state index is 0.161. The second-order valence-electron chi connectivity index (χ2n) is 8.71. The van der Waals surface area contributed by atoms with Crippen molar-refractivity contribution in [3.8, 4) is 0 Å². The summed E-state index contributed by atoms with van der Waals surface area (Å²) in [6.45, 7) is 3.53. The molecule has 0 bridgehead atoms. The molecule has 3 aromatic carbocycles. The Bertz CT molecular complexity index is 1170. The third-order valence-electron chi connectivity index (χ3n) is 6.27. The summed E-state index contributed by atoms with van der Waals surface area (Å²) in [5, 5.41) is 6.19. The third-order valence-corrected chi connectivity index (χ3v) is 6.48. The molecular weight excluding hydrogens is 472 g/mol. The van der Waals surface area contributed by atoms with Crippen LogP contribution < -0.4 is 15.5 Å². The fraction of sp³-hybridized carbons (Fsp3) is 0.250. The fourth-order valence-electron chi connectivity index (χ4n) is 4.33. The van der Waals surface area contributed by atoms with Crippen LogP contribution >= 0.6 is 12.2 Å². The van der Waals surface area contributed by atoms with E-state index >= 15 is 0 Å². The Morgan fingerprint density at radius 3 is 2.03 bits per heavy atom. The highest BCUT2D eigenvalue weighted by molar-refractivity contribution is 7.80. The molecule has 1 heterocycles. The van der Waals surface area contributed by atoms with Gasteiger partial charge in [-0.05, 0) is 48.6 Å². The van der Waals surface area contributed by atoms with Crippen LogP contribution in [0.4, 0.5) is 11.4 Å². The summed E-state index contributed by atoms with van der Waals surface area (Å²) < 4.78 is 4.90. The predicted molar refractivity (Wildman–Crippen MR) is 147 cm³/mol. The summed E-state index contributed by atoms with van der Waals surface area (Å²) in [6.07, 6.45) is 0. The van der Waals surface area contributed by atoms with Crippen molar-refractivity contribution in [2.45, 2.75) is 5.92 Å². The van der Waals surface area contributed by atoms with Crippen LogP contribution in [-0.2, 0) is 9.53 Å². The van der Waals surface area contributed by atoms with Gasteiger partial charge in [-0.3, -0.25) is 4.79 Å². The van der Waals surface area contributed by atoms with Gasteiger partial charge in [0.2, 0.25) is 5.91 Å². The average Bonchev–Trinajstić information content (AvgIpc) is 2.90. The van der Waals surface area contributed by atoms with Crippen molar-refractivity contribution in [1.29, 1.82) is 0 Å². The van der Waals surface area contributed by atoms with Gasteiger partial charge in [0.1, 0.15) is 0 Å². The Morgan fingerprint density at radius 2 is 1.47 bits per heavy atom. The highest BCUT2D eigenvalue weighted by atomic mass is 32.1.